The van der Waals surface area contributed by atoms with E-state index in [0.29, 0.717) is 16.8 Å². The molecule has 1 aromatic heterocycles. The van der Waals surface area contributed by atoms with Crippen molar-refractivity contribution in [2.45, 2.75) is 20.1 Å². The molecule has 0 amide bonds. The summed E-state index contributed by atoms with van der Waals surface area (Å²) in [5.74, 6) is 0. The first-order valence-electron chi connectivity index (χ1n) is 5.68. The SMILES string of the molecule is CCNCc1nnc(OCc2cccc(Cl)c2)s1. The third-order valence-electron chi connectivity index (χ3n) is 2.23. The largest absolute Gasteiger partial charge is 0.464 e. The van der Waals surface area contributed by atoms with Gasteiger partial charge in [0.15, 0.2) is 0 Å². The van der Waals surface area contributed by atoms with Crippen molar-refractivity contribution in [2.75, 3.05) is 6.54 Å². The Hall–Kier alpha value is -1.17. The molecule has 4 nitrogen and oxygen atoms in total. The molecular weight excluding hydrogens is 270 g/mol. The normalized spacial score (nSPS) is 10.6. The molecule has 1 N–H and O–H groups in total. The van der Waals surface area contributed by atoms with Crippen LogP contribution in [0.15, 0.2) is 24.3 Å². The Bertz CT molecular complexity index is 504. The number of benzene rings is 1. The molecule has 1 heterocycles. The van der Waals surface area contributed by atoms with E-state index in [-0.39, 0.29) is 0 Å². The number of halogens is 1. The van der Waals surface area contributed by atoms with E-state index < -0.39 is 0 Å². The molecule has 0 radical (unpaired) electrons. The van der Waals surface area contributed by atoms with Gasteiger partial charge in [-0.3, -0.25) is 0 Å². The van der Waals surface area contributed by atoms with E-state index in [2.05, 4.69) is 22.4 Å². The second kappa shape index (κ2) is 6.68. The highest BCUT2D eigenvalue weighted by Gasteiger charge is 2.05. The molecule has 1 aromatic carbocycles. The lowest BCUT2D eigenvalue weighted by atomic mass is 10.2. The maximum absolute atomic E-state index is 5.90. The van der Waals surface area contributed by atoms with Crippen LogP contribution in [0.5, 0.6) is 5.19 Å². The number of nitrogens with one attached hydrogen (secondary N) is 1. The van der Waals surface area contributed by atoms with Gasteiger partial charge in [-0.1, -0.05) is 47.1 Å². The van der Waals surface area contributed by atoms with E-state index in [4.69, 9.17) is 16.3 Å². The number of hydrogen-bond acceptors (Lipinski definition) is 5. The summed E-state index contributed by atoms with van der Waals surface area (Å²) in [5, 5.41) is 13.4. The average molecular weight is 284 g/mol. The molecule has 0 saturated heterocycles. The molecule has 2 aromatic rings. The average Bonchev–Trinajstić information content (AvgIpc) is 2.82. The van der Waals surface area contributed by atoms with Gasteiger partial charge in [-0.2, -0.15) is 0 Å². The van der Waals surface area contributed by atoms with E-state index >= 15 is 0 Å². The minimum absolute atomic E-state index is 0.455. The maximum atomic E-state index is 5.90. The van der Waals surface area contributed by atoms with Crippen LogP contribution in [0.25, 0.3) is 0 Å². The van der Waals surface area contributed by atoms with Gasteiger partial charge < -0.3 is 10.1 Å². The smallest absolute Gasteiger partial charge is 0.294 e. The zero-order valence-electron chi connectivity index (χ0n) is 10.0. The molecule has 18 heavy (non-hydrogen) atoms. The summed E-state index contributed by atoms with van der Waals surface area (Å²) in [6, 6.07) is 7.58. The lowest BCUT2D eigenvalue weighted by Gasteiger charge is -2.01. The van der Waals surface area contributed by atoms with Crippen LogP contribution in [-0.2, 0) is 13.2 Å². The third-order valence-corrected chi connectivity index (χ3v) is 3.30. The standard InChI is InChI=1S/C12H14ClN3OS/c1-2-14-7-11-15-16-12(18-11)17-8-9-4-3-5-10(13)6-9/h3-6,14H,2,7-8H2,1H3. The quantitative estimate of drug-likeness (QED) is 0.885. The van der Waals surface area contributed by atoms with Crippen LogP contribution < -0.4 is 10.1 Å². The Morgan fingerprint density at radius 3 is 3.06 bits per heavy atom. The van der Waals surface area contributed by atoms with Crippen molar-refractivity contribution in [2.24, 2.45) is 0 Å². The maximum Gasteiger partial charge on any atom is 0.294 e. The van der Waals surface area contributed by atoms with Gasteiger partial charge in [0.05, 0.1) is 0 Å². The number of ether oxygens (including phenoxy) is 1. The predicted molar refractivity (Wildman–Crippen MR) is 73.1 cm³/mol. The van der Waals surface area contributed by atoms with Crippen molar-refractivity contribution in [3.63, 3.8) is 0 Å². The number of hydrogen-bond donors (Lipinski definition) is 1. The zero-order valence-corrected chi connectivity index (χ0v) is 11.6. The molecule has 0 saturated carbocycles. The highest BCUT2D eigenvalue weighted by atomic mass is 35.5. The minimum Gasteiger partial charge on any atom is -0.464 e. The molecule has 2 rings (SSSR count). The molecule has 0 unspecified atom stereocenters. The number of rotatable bonds is 6. The van der Waals surface area contributed by atoms with E-state index in [9.17, 15) is 0 Å². The molecule has 0 fully saturated rings. The molecular formula is C12H14ClN3OS. The second-order valence-corrected chi connectivity index (χ2v) is 5.12. The summed E-state index contributed by atoms with van der Waals surface area (Å²) in [7, 11) is 0. The van der Waals surface area contributed by atoms with Crippen molar-refractivity contribution in [3.05, 3.63) is 39.9 Å². The first-order valence-corrected chi connectivity index (χ1v) is 6.87. The van der Waals surface area contributed by atoms with Crippen LogP contribution >= 0.6 is 22.9 Å². The van der Waals surface area contributed by atoms with Gasteiger partial charge in [-0.05, 0) is 24.2 Å². The third kappa shape index (κ3) is 3.94. The molecule has 96 valence electrons. The summed E-state index contributed by atoms with van der Waals surface area (Å²) in [6.45, 7) is 4.15. The van der Waals surface area contributed by atoms with Gasteiger partial charge in [0.1, 0.15) is 11.6 Å². The monoisotopic (exact) mass is 283 g/mol. The Labute approximate surface area is 115 Å². The molecule has 0 aliphatic rings. The van der Waals surface area contributed by atoms with Crippen molar-refractivity contribution in [1.29, 1.82) is 0 Å². The van der Waals surface area contributed by atoms with Gasteiger partial charge in [0, 0.05) is 11.6 Å². The molecule has 0 spiro atoms. The molecule has 0 aliphatic heterocycles. The van der Waals surface area contributed by atoms with Gasteiger partial charge >= 0.3 is 0 Å². The van der Waals surface area contributed by atoms with Crippen LogP contribution in [0, 0.1) is 0 Å². The number of nitrogens with zero attached hydrogens (tertiary/aromatic N) is 2. The summed E-state index contributed by atoms with van der Waals surface area (Å²) in [6.07, 6.45) is 0. The Balaban J connectivity index is 1.88. The fourth-order valence-corrected chi connectivity index (χ4v) is 2.24. The highest BCUT2D eigenvalue weighted by molar-refractivity contribution is 7.13. The summed E-state index contributed by atoms with van der Waals surface area (Å²) in [4.78, 5) is 0. The fourth-order valence-electron chi connectivity index (χ4n) is 1.37. The van der Waals surface area contributed by atoms with Gasteiger partial charge in [-0.25, -0.2) is 0 Å². The van der Waals surface area contributed by atoms with Crippen molar-refractivity contribution >= 4 is 22.9 Å². The van der Waals surface area contributed by atoms with Gasteiger partial charge in [0.25, 0.3) is 5.19 Å². The molecule has 0 bridgehead atoms. The topological polar surface area (TPSA) is 47.0 Å². The van der Waals surface area contributed by atoms with Crippen LogP contribution in [0.1, 0.15) is 17.5 Å². The summed E-state index contributed by atoms with van der Waals surface area (Å²) < 4.78 is 5.57. The Morgan fingerprint density at radius 1 is 1.39 bits per heavy atom. The predicted octanol–water partition coefficient (Wildman–Crippen LogP) is 2.88. The van der Waals surface area contributed by atoms with E-state index in [1.807, 2.05) is 24.3 Å². The van der Waals surface area contributed by atoms with Crippen LogP contribution in [0.2, 0.25) is 5.02 Å². The number of aromatic nitrogens is 2. The second-order valence-electron chi connectivity index (χ2n) is 3.66. The first kappa shape index (κ1) is 13.3. The summed E-state index contributed by atoms with van der Waals surface area (Å²) in [5.41, 5.74) is 1.02. The van der Waals surface area contributed by atoms with Crippen molar-refractivity contribution < 1.29 is 4.74 Å². The van der Waals surface area contributed by atoms with E-state index in [1.54, 1.807) is 0 Å². The molecule has 0 atom stereocenters. The Morgan fingerprint density at radius 2 is 2.28 bits per heavy atom. The molecule has 0 aliphatic carbocycles. The van der Waals surface area contributed by atoms with E-state index in [1.165, 1.54) is 11.3 Å². The van der Waals surface area contributed by atoms with Gasteiger partial charge in [0.2, 0.25) is 0 Å². The van der Waals surface area contributed by atoms with Crippen molar-refractivity contribution in [1.82, 2.24) is 15.5 Å². The van der Waals surface area contributed by atoms with E-state index in [0.717, 1.165) is 23.7 Å². The highest BCUT2D eigenvalue weighted by Crippen LogP contribution is 2.19. The van der Waals surface area contributed by atoms with Crippen LogP contribution in [-0.4, -0.2) is 16.7 Å². The van der Waals surface area contributed by atoms with Crippen molar-refractivity contribution in [3.8, 4) is 5.19 Å². The van der Waals surface area contributed by atoms with Gasteiger partial charge in [-0.15, -0.1) is 5.10 Å². The lowest BCUT2D eigenvalue weighted by Crippen LogP contribution is -2.11. The summed E-state index contributed by atoms with van der Waals surface area (Å²) >= 11 is 7.36. The first-order chi connectivity index (χ1) is 8.78. The zero-order chi connectivity index (χ0) is 12.8. The van der Waals surface area contributed by atoms with Crippen LogP contribution in [0.4, 0.5) is 0 Å². The Kier molecular flexibility index (Phi) is 4.92. The fraction of sp³-hybridized carbons (Fsp3) is 0.333. The minimum atomic E-state index is 0.455. The molecule has 6 heteroatoms. The lowest BCUT2D eigenvalue weighted by molar-refractivity contribution is 0.302. The van der Waals surface area contributed by atoms with Crippen LogP contribution in [0.3, 0.4) is 0 Å².